The van der Waals surface area contributed by atoms with Gasteiger partial charge in [0.1, 0.15) is 5.82 Å². The maximum Gasteiger partial charge on any atom is 0.325 e. The molecule has 0 unspecified atom stereocenters. The molecule has 0 spiro atoms. The normalized spacial score (nSPS) is 15.6. The van der Waals surface area contributed by atoms with E-state index in [1.54, 1.807) is 19.1 Å². The lowest BCUT2D eigenvalue weighted by Gasteiger charge is -2.30. The number of hydrogen-bond acceptors (Lipinski definition) is 3. The molecule has 1 amide bonds. The van der Waals surface area contributed by atoms with Crippen molar-refractivity contribution >= 4 is 5.91 Å². The fourth-order valence-electron chi connectivity index (χ4n) is 3.94. The minimum atomic E-state index is -0.548. The second-order valence-electron chi connectivity index (χ2n) is 7.28. The molecule has 0 aliphatic heterocycles. The Balaban J connectivity index is 1.63. The molecule has 0 radical (unpaired) electrons. The van der Waals surface area contributed by atoms with Crippen LogP contribution in [-0.4, -0.2) is 22.4 Å². The molecule has 0 atom stereocenters. The number of carbonyl (C=O) groups is 1. The molecule has 0 bridgehead atoms. The van der Waals surface area contributed by atoms with Gasteiger partial charge in [-0.1, -0.05) is 25.0 Å². The number of amides is 1. The van der Waals surface area contributed by atoms with E-state index in [2.05, 4.69) is 15.3 Å². The lowest BCUT2D eigenvalue weighted by molar-refractivity contribution is -0.121. The molecule has 3 N–H and O–H groups in total. The number of hydrogen-bond donors (Lipinski definition) is 3. The lowest BCUT2D eigenvalue weighted by Crippen LogP contribution is -2.39. The number of H-pyrrole nitrogens is 2. The van der Waals surface area contributed by atoms with Gasteiger partial charge in [0.25, 0.3) is 5.56 Å². The highest BCUT2D eigenvalue weighted by molar-refractivity contribution is 5.76. The molecule has 144 valence electrons. The summed E-state index contributed by atoms with van der Waals surface area (Å²) in [5.41, 5.74) is 0.786. The minimum absolute atomic E-state index is 0.145. The Morgan fingerprint density at radius 2 is 1.81 bits per heavy atom. The van der Waals surface area contributed by atoms with Crippen molar-refractivity contribution in [1.82, 2.24) is 15.3 Å². The van der Waals surface area contributed by atoms with Crippen LogP contribution in [0, 0.1) is 12.7 Å². The van der Waals surface area contributed by atoms with Gasteiger partial charge in [0.05, 0.1) is 0 Å². The summed E-state index contributed by atoms with van der Waals surface area (Å²) in [5.74, 6) is -0.411. The Kier molecular flexibility index (Phi) is 5.58. The number of nitrogens with one attached hydrogen (secondary N) is 3. The molecule has 1 aliphatic carbocycles. The van der Waals surface area contributed by atoms with E-state index in [0.717, 1.165) is 31.2 Å². The molecule has 1 aromatic heterocycles. The van der Waals surface area contributed by atoms with Gasteiger partial charge in [-0.25, -0.2) is 9.18 Å². The first-order chi connectivity index (χ1) is 12.9. The predicted octanol–water partition coefficient (Wildman–Crippen LogP) is 2.07. The second kappa shape index (κ2) is 7.90. The third kappa shape index (κ3) is 4.35. The number of rotatable bonds is 6. The maximum atomic E-state index is 13.2. The number of carbonyl (C=O) groups excluding carboxylic acids is 1. The van der Waals surface area contributed by atoms with Crippen molar-refractivity contribution in [2.75, 3.05) is 6.54 Å². The van der Waals surface area contributed by atoms with Gasteiger partial charge in [0.2, 0.25) is 5.91 Å². The molecule has 1 aromatic carbocycles. The van der Waals surface area contributed by atoms with Crippen LogP contribution >= 0.6 is 0 Å². The molecular weight excluding hydrogens is 349 g/mol. The van der Waals surface area contributed by atoms with Crippen LogP contribution in [0.25, 0.3) is 0 Å². The van der Waals surface area contributed by atoms with Gasteiger partial charge >= 0.3 is 5.69 Å². The molecule has 1 aliphatic rings. The van der Waals surface area contributed by atoms with E-state index < -0.39 is 11.2 Å². The molecule has 2 aromatic rings. The summed E-state index contributed by atoms with van der Waals surface area (Å²) in [6.45, 7) is 2.14. The van der Waals surface area contributed by atoms with E-state index >= 15 is 0 Å². The highest BCUT2D eigenvalue weighted by atomic mass is 19.1. The SMILES string of the molecule is Cc1[nH]c(=O)[nH]c(=O)c1CCC(=O)NCC1(c2ccc(F)cc2)CCCC1. The van der Waals surface area contributed by atoms with E-state index in [4.69, 9.17) is 0 Å². The molecule has 7 heteroatoms. The molecule has 6 nitrogen and oxygen atoms in total. The number of benzene rings is 1. The van der Waals surface area contributed by atoms with E-state index in [-0.39, 0.29) is 30.0 Å². The summed E-state index contributed by atoms with van der Waals surface area (Å²) in [5, 5.41) is 2.98. The van der Waals surface area contributed by atoms with Gasteiger partial charge in [-0.15, -0.1) is 0 Å². The van der Waals surface area contributed by atoms with Crippen LogP contribution in [0.1, 0.15) is 48.9 Å². The first-order valence-electron chi connectivity index (χ1n) is 9.24. The van der Waals surface area contributed by atoms with Gasteiger partial charge in [-0.3, -0.25) is 14.6 Å². The summed E-state index contributed by atoms with van der Waals surface area (Å²) in [4.78, 5) is 40.2. The Hall–Kier alpha value is -2.70. The molecular formula is C20H24FN3O3. The van der Waals surface area contributed by atoms with Gasteiger partial charge in [0.15, 0.2) is 0 Å². The Labute approximate surface area is 156 Å². The Morgan fingerprint density at radius 1 is 1.15 bits per heavy atom. The maximum absolute atomic E-state index is 13.2. The summed E-state index contributed by atoms with van der Waals surface area (Å²) in [7, 11) is 0. The smallest absolute Gasteiger partial charge is 0.325 e. The van der Waals surface area contributed by atoms with E-state index in [1.807, 2.05) is 0 Å². The highest BCUT2D eigenvalue weighted by Crippen LogP contribution is 2.40. The summed E-state index contributed by atoms with van der Waals surface area (Å²) >= 11 is 0. The molecule has 27 heavy (non-hydrogen) atoms. The zero-order valence-corrected chi connectivity index (χ0v) is 15.4. The molecule has 1 heterocycles. The lowest BCUT2D eigenvalue weighted by atomic mass is 9.78. The van der Waals surface area contributed by atoms with Crippen LogP contribution in [0.3, 0.4) is 0 Å². The first kappa shape index (κ1) is 19.1. The zero-order chi connectivity index (χ0) is 19.4. The molecule has 3 rings (SSSR count). The minimum Gasteiger partial charge on any atom is -0.355 e. The fourth-order valence-corrected chi connectivity index (χ4v) is 3.94. The van der Waals surface area contributed by atoms with Crippen LogP contribution in [-0.2, 0) is 16.6 Å². The van der Waals surface area contributed by atoms with Gasteiger partial charge in [-0.2, -0.15) is 0 Å². The molecule has 0 saturated heterocycles. The quantitative estimate of drug-likeness (QED) is 0.723. The largest absolute Gasteiger partial charge is 0.355 e. The summed E-state index contributed by atoms with van der Waals surface area (Å²) < 4.78 is 13.2. The number of aromatic nitrogens is 2. The highest BCUT2D eigenvalue weighted by Gasteiger charge is 2.35. The van der Waals surface area contributed by atoms with Gasteiger partial charge in [0, 0.05) is 29.6 Å². The van der Waals surface area contributed by atoms with Crippen LogP contribution < -0.4 is 16.6 Å². The second-order valence-corrected chi connectivity index (χ2v) is 7.28. The molecule has 1 fully saturated rings. The van der Waals surface area contributed by atoms with Crippen molar-refractivity contribution in [1.29, 1.82) is 0 Å². The van der Waals surface area contributed by atoms with E-state index in [9.17, 15) is 18.8 Å². The van der Waals surface area contributed by atoms with Gasteiger partial charge < -0.3 is 10.3 Å². The number of aromatic amines is 2. The average molecular weight is 373 g/mol. The van der Waals surface area contributed by atoms with Crippen molar-refractivity contribution in [3.63, 3.8) is 0 Å². The van der Waals surface area contributed by atoms with E-state index in [0.29, 0.717) is 17.8 Å². The first-order valence-corrected chi connectivity index (χ1v) is 9.24. The van der Waals surface area contributed by atoms with Crippen molar-refractivity contribution in [3.8, 4) is 0 Å². The van der Waals surface area contributed by atoms with Crippen molar-refractivity contribution < 1.29 is 9.18 Å². The van der Waals surface area contributed by atoms with Crippen molar-refractivity contribution in [2.45, 2.75) is 50.9 Å². The van der Waals surface area contributed by atoms with E-state index in [1.165, 1.54) is 12.1 Å². The van der Waals surface area contributed by atoms with Crippen LogP contribution in [0.4, 0.5) is 4.39 Å². The molecule has 1 saturated carbocycles. The van der Waals surface area contributed by atoms with Crippen LogP contribution in [0.2, 0.25) is 0 Å². The Bertz CT molecular complexity index is 925. The fraction of sp³-hybridized carbons (Fsp3) is 0.450. The number of halogens is 1. The third-order valence-electron chi connectivity index (χ3n) is 5.50. The monoisotopic (exact) mass is 373 g/mol. The topological polar surface area (TPSA) is 94.8 Å². The predicted molar refractivity (Wildman–Crippen MR) is 100 cm³/mol. The van der Waals surface area contributed by atoms with Crippen LogP contribution in [0.5, 0.6) is 0 Å². The third-order valence-corrected chi connectivity index (χ3v) is 5.50. The number of aryl methyl sites for hydroxylation is 1. The summed E-state index contributed by atoms with van der Waals surface area (Å²) in [6, 6.07) is 6.52. The average Bonchev–Trinajstić information content (AvgIpc) is 3.10. The van der Waals surface area contributed by atoms with Crippen molar-refractivity contribution in [3.05, 3.63) is 67.7 Å². The van der Waals surface area contributed by atoms with Gasteiger partial charge in [-0.05, 0) is 43.9 Å². The summed E-state index contributed by atoms with van der Waals surface area (Å²) in [6.07, 6.45) is 4.50. The Morgan fingerprint density at radius 3 is 2.44 bits per heavy atom. The zero-order valence-electron chi connectivity index (χ0n) is 15.4. The van der Waals surface area contributed by atoms with Crippen LogP contribution in [0.15, 0.2) is 33.9 Å². The van der Waals surface area contributed by atoms with Crippen molar-refractivity contribution in [2.24, 2.45) is 0 Å². The standard InChI is InChI=1S/C20H24FN3O3/c1-13-16(18(26)24-19(27)23-13)8-9-17(25)22-12-20(10-2-3-11-20)14-4-6-15(21)7-5-14/h4-7H,2-3,8-12H2,1H3,(H,22,25)(H2,23,24,26,27).